The van der Waals surface area contributed by atoms with Gasteiger partial charge in [-0.2, -0.15) is 10.1 Å². The fourth-order valence-electron chi connectivity index (χ4n) is 1.33. The lowest BCUT2D eigenvalue weighted by Crippen LogP contribution is -2.14. The number of nitrogens with one attached hydrogen (secondary N) is 1. The molecule has 2 aromatic heterocycles. The van der Waals surface area contributed by atoms with Crippen LogP contribution in [0.5, 0.6) is 0 Å². The predicted molar refractivity (Wildman–Crippen MR) is 57.5 cm³/mol. The SMILES string of the molecule is CC(C)n1ccc(CNCc2ncon2)n1. The van der Waals surface area contributed by atoms with Crippen LogP contribution in [0.2, 0.25) is 0 Å². The molecule has 0 aliphatic rings. The maximum atomic E-state index is 4.63. The van der Waals surface area contributed by atoms with Crippen molar-refractivity contribution in [1.82, 2.24) is 25.2 Å². The molecule has 0 spiro atoms. The Morgan fingerprint density at radius 2 is 2.31 bits per heavy atom. The van der Waals surface area contributed by atoms with E-state index in [1.54, 1.807) is 0 Å². The molecule has 6 nitrogen and oxygen atoms in total. The topological polar surface area (TPSA) is 68.8 Å². The summed E-state index contributed by atoms with van der Waals surface area (Å²) in [5.41, 5.74) is 1.01. The summed E-state index contributed by atoms with van der Waals surface area (Å²) in [5, 5.41) is 11.3. The van der Waals surface area contributed by atoms with Crippen molar-refractivity contribution in [3.63, 3.8) is 0 Å². The number of hydrogen-bond donors (Lipinski definition) is 1. The molecule has 0 aromatic carbocycles. The molecular formula is C10H15N5O. The van der Waals surface area contributed by atoms with Gasteiger partial charge < -0.3 is 9.84 Å². The Balaban J connectivity index is 1.81. The Morgan fingerprint density at radius 1 is 1.44 bits per heavy atom. The van der Waals surface area contributed by atoms with Gasteiger partial charge in [-0.1, -0.05) is 5.16 Å². The molecule has 0 atom stereocenters. The van der Waals surface area contributed by atoms with Crippen LogP contribution in [0, 0.1) is 0 Å². The van der Waals surface area contributed by atoms with Crippen molar-refractivity contribution >= 4 is 0 Å². The first-order valence-electron chi connectivity index (χ1n) is 5.25. The van der Waals surface area contributed by atoms with Crippen molar-refractivity contribution in [3.05, 3.63) is 30.2 Å². The summed E-state index contributed by atoms with van der Waals surface area (Å²) in [6.45, 7) is 5.49. The van der Waals surface area contributed by atoms with Gasteiger partial charge in [0.2, 0.25) is 6.39 Å². The number of nitrogens with zero attached hydrogens (tertiary/aromatic N) is 4. The molecule has 2 aromatic rings. The van der Waals surface area contributed by atoms with E-state index in [9.17, 15) is 0 Å². The minimum absolute atomic E-state index is 0.394. The summed E-state index contributed by atoms with van der Waals surface area (Å²) < 4.78 is 6.57. The summed E-state index contributed by atoms with van der Waals surface area (Å²) in [5.74, 6) is 0.656. The highest BCUT2D eigenvalue weighted by atomic mass is 16.5. The maximum Gasteiger partial charge on any atom is 0.213 e. The summed E-state index contributed by atoms with van der Waals surface area (Å²) in [6.07, 6.45) is 3.31. The number of aromatic nitrogens is 4. The van der Waals surface area contributed by atoms with Crippen LogP contribution in [-0.2, 0) is 13.1 Å². The first-order valence-corrected chi connectivity index (χ1v) is 5.25. The van der Waals surface area contributed by atoms with Crippen LogP contribution in [0.15, 0.2) is 23.2 Å². The van der Waals surface area contributed by atoms with Crippen LogP contribution < -0.4 is 5.32 Å². The van der Waals surface area contributed by atoms with Gasteiger partial charge in [0.15, 0.2) is 5.82 Å². The van der Waals surface area contributed by atoms with E-state index in [0.29, 0.717) is 25.0 Å². The highest BCUT2D eigenvalue weighted by molar-refractivity contribution is 4.99. The molecule has 0 saturated heterocycles. The highest BCUT2D eigenvalue weighted by Crippen LogP contribution is 2.03. The van der Waals surface area contributed by atoms with Crippen molar-refractivity contribution in [2.75, 3.05) is 0 Å². The van der Waals surface area contributed by atoms with Crippen molar-refractivity contribution in [3.8, 4) is 0 Å². The smallest absolute Gasteiger partial charge is 0.213 e. The van der Waals surface area contributed by atoms with E-state index in [1.807, 2.05) is 16.9 Å². The predicted octanol–water partition coefficient (Wildman–Crippen LogP) is 1.14. The molecule has 2 rings (SSSR count). The van der Waals surface area contributed by atoms with Crippen LogP contribution in [-0.4, -0.2) is 19.9 Å². The molecule has 16 heavy (non-hydrogen) atoms. The molecule has 0 aliphatic carbocycles. The van der Waals surface area contributed by atoms with Gasteiger partial charge in [-0.05, 0) is 19.9 Å². The van der Waals surface area contributed by atoms with Crippen molar-refractivity contribution in [1.29, 1.82) is 0 Å². The quantitative estimate of drug-likeness (QED) is 0.819. The number of rotatable bonds is 5. The van der Waals surface area contributed by atoms with Crippen LogP contribution >= 0.6 is 0 Å². The van der Waals surface area contributed by atoms with E-state index in [0.717, 1.165) is 5.69 Å². The fraction of sp³-hybridized carbons (Fsp3) is 0.500. The third-order valence-corrected chi connectivity index (χ3v) is 2.19. The third-order valence-electron chi connectivity index (χ3n) is 2.19. The Morgan fingerprint density at radius 3 is 2.94 bits per heavy atom. The average Bonchev–Trinajstić information content (AvgIpc) is 2.87. The first-order chi connectivity index (χ1) is 7.75. The lowest BCUT2D eigenvalue weighted by Gasteiger charge is -2.03. The molecule has 0 fully saturated rings. The zero-order valence-corrected chi connectivity index (χ0v) is 9.42. The van der Waals surface area contributed by atoms with Gasteiger partial charge in [-0.3, -0.25) is 4.68 Å². The average molecular weight is 221 g/mol. The van der Waals surface area contributed by atoms with E-state index in [1.165, 1.54) is 6.39 Å². The van der Waals surface area contributed by atoms with E-state index >= 15 is 0 Å². The largest absolute Gasteiger partial charge is 0.343 e. The van der Waals surface area contributed by atoms with Gasteiger partial charge in [0, 0.05) is 18.8 Å². The Labute approximate surface area is 93.7 Å². The van der Waals surface area contributed by atoms with E-state index < -0.39 is 0 Å². The van der Waals surface area contributed by atoms with Gasteiger partial charge in [0.05, 0.1) is 12.2 Å². The lowest BCUT2D eigenvalue weighted by molar-refractivity contribution is 0.407. The van der Waals surface area contributed by atoms with E-state index in [2.05, 4.69) is 38.9 Å². The summed E-state index contributed by atoms with van der Waals surface area (Å²) in [4.78, 5) is 3.91. The van der Waals surface area contributed by atoms with E-state index in [4.69, 9.17) is 0 Å². The summed E-state index contributed by atoms with van der Waals surface area (Å²) in [7, 11) is 0. The van der Waals surface area contributed by atoms with E-state index in [-0.39, 0.29) is 0 Å². The fourth-order valence-corrected chi connectivity index (χ4v) is 1.33. The lowest BCUT2D eigenvalue weighted by atomic mass is 10.4. The highest BCUT2D eigenvalue weighted by Gasteiger charge is 2.02. The minimum atomic E-state index is 0.394. The third kappa shape index (κ3) is 2.66. The standard InChI is InChI=1S/C10H15N5O/c1-8(2)15-4-3-9(13-15)5-11-6-10-12-7-16-14-10/h3-4,7-8,11H,5-6H2,1-2H3. The van der Waals surface area contributed by atoms with Crippen LogP contribution in [0.25, 0.3) is 0 Å². The number of hydrogen-bond acceptors (Lipinski definition) is 5. The van der Waals surface area contributed by atoms with Gasteiger partial charge in [0.1, 0.15) is 0 Å². The molecule has 6 heteroatoms. The summed E-state index contributed by atoms with van der Waals surface area (Å²) >= 11 is 0. The van der Waals surface area contributed by atoms with Crippen molar-refractivity contribution in [2.45, 2.75) is 33.0 Å². The molecule has 0 aliphatic heterocycles. The molecule has 0 bridgehead atoms. The molecule has 0 saturated carbocycles. The Hall–Kier alpha value is -1.69. The minimum Gasteiger partial charge on any atom is -0.343 e. The molecular weight excluding hydrogens is 206 g/mol. The van der Waals surface area contributed by atoms with Crippen LogP contribution in [0.1, 0.15) is 31.4 Å². The second kappa shape index (κ2) is 4.89. The Bertz CT molecular complexity index is 420. The zero-order chi connectivity index (χ0) is 11.4. The van der Waals surface area contributed by atoms with Gasteiger partial charge in [0.25, 0.3) is 0 Å². The summed E-state index contributed by atoms with van der Waals surface area (Å²) in [6, 6.07) is 2.40. The molecule has 1 N–H and O–H groups in total. The normalized spacial score (nSPS) is 11.2. The second-order valence-corrected chi connectivity index (χ2v) is 3.83. The Kier molecular flexibility index (Phi) is 3.31. The van der Waals surface area contributed by atoms with Gasteiger partial charge in [-0.25, -0.2) is 0 Å². The molecule has 86 valence electrons. The molecule has 0 unspecified atom stereocenters. The van der Waals surface area contributed by atoms with Crippen LogP contribution in [0.3, 0.4) is 0 Å². The second-order valence-electron chi connectivity index (χ2n) is 3.83. The van der Waals surface area contributed by atoms with Gasteiger partial charge >= 0.3 is 0 Å². The monoisotopic (exact) mass is 221 g/mol. The molecule has 2 heterocycles. The van der Waals surface area contributed by atoms with Crippen LogP contribution in [0.4, 0.5) is 0 Å². The maximum absolute atomic E-state index is 4.63. The zero-order valence-electron chi connectivity index (χ0n) is 9.42. The van der Waals surface area contributed by atoms with Crippen molar-refractivity contribution in [2.24, 2.45) is 0 Å². The molecule has 0 amide bonds. The first kappa shape index (κ1) is 10.8. The van der Waals surface area contributed by atoms with Crippen molar-refractivity contribution < 1.29 is 4.52 Å². The molecule has 0 radical (unpaired) electrons. The van der Waals surface area contributed by atoms with Gasteiger partial charge in [-0.15, -0.1) is 0 Å².